The molecule has 1 heteroatoms. The van der Waals surface area contributed by atoms with Crippen LogP contribution in [0.3, 0.4) is 0 Å². The fourth-order valence-electron chi connectivity index (χ4n) is 10.9. The molecule has 8 saturated carbocycles. The summed E-state index contributed by atoms with van der Waals surface area (Å²) in [4.78, 5) is 0. The predicted octanol–water partition coefficient (Wildman–Crippen LogP) is 8.17. The topological polar surface area (TPSA) is 0 Å². The van der Waals surface area contributed by atoms with Crippen molar-refractivity contribution < 1.29 is 0 Å². The highest BCUT2D eigenvalue weighted by Crippen LogP contribution is 2.82. The van der Waals surface area contributed by atoms with Crippen LogP contribution in [0.5, 0.6) is 0 Å². The molecule has 1 atom stereocenters. The smallest absolute Gasteiger partial charge is 0.00234 e. The van der Waals surface area contributed by atoms with Crippen LogP contribution in [0.1, 0.15) is 95.2 Å². The van der Waals surface area contributed by atoms with Gasteiger partial charge in [0.2, 0.25) is 0 Å². The lowest BCUT2D eigenvalue weighted by Crippen LogP contribution is -2.57. The van der Waals surface area contributed by atoms with Gasteiger partial charge in [0.05, 0.1) is 0 Å². The number of benzene rings is 1. The first-order valence-corrected chi connectivity index (χ1v) is 14.4. The van der Waals surface area contributed by atoms with Crippen molar-refractivity contribution in [3.8, 4) is 0 Å². The third-order valence-corrected chi connectivity index (χ3v) is 14.9. The minimum Gasteiger partial charge on any atom is -0.0865 e. The van der Waals surface area contributed by atoms with Gasteiger partial charge in [0.1, 0.15) is 0 Å². The third kappa shape index (κ3) is 2.73. The Morgan fingerprint density at radius 3 is 1.31 bits per heavy atom. The molecule has 8 bridgehead atoms. The Balaban J connectivity index is 1.34. The van der Waals surface area contributed by atoms with Gasteiger partial charge < -0.3 is 0 Å². The molecule has 9 rings (SSSR count). The molecule has 0 amide bonds. The molecular formula is C28H39P. The standard InChI is InChI=1S/C28H39P/c1-19(26-5-3-2-4-6-26)29(27-13-20-7-21(14-27)9-22(8-20)15-27)28-16-23-10-24(17-28)12-25(11-23)18-28/h2-6,19-25H,7-18H2,1H3. The van der Waals surface area contributed by atoms with E-state index in [9.17, 15) is 0 Å². The minimum absolute atomic E-state index is 0.0536. The lowest BCUT2D eigenvalue weighted by Gasteiger charge is -2.68. The van der Waals surface area contributed by atoms with Crippen LogP contribution in [0, 0.1) is 35.5 Å². The Labute approximate surface area is 179 Å². The first-order valence-electron chi connectivity index (χ1n) is 13.0. The molecule has 0 N–H and O–H groups in total. The molecule has 0 nitrogen and oxygen atoms in total. The van der Waals surface area contributed by atoms with Gasteiger partial charge in [0.25, 0.3) is 0 Å². The van der Waals surface area contributed by atoms with Crippen LogP contribution in [0.15, 0.2) is 30.3 Å². The molecule has 156 valence electrons. The van der Waals surface area contributed by atoms with Gasteiger partial charge in [0, 0.05) is 5.66 Å². The van der Waals surface area contributed by atoms with Crippen molar-refractivity contribution in [1.82, 2.24) is 0 Å². The number of hydrogen-bond donors (Lipinski definition) is 0. The summed E-state index contributed by atoms with van der Waals surface area (Å²) in [5, 5.41) is 1.51. The third-order valence-electron chi connectivity index (χ3n) is 10.7. The fraction of sp³-hybridized carbons (Fsp3) is 0.786. The summed E-state index contributed by atoms with van der Waals surface area (Å²) < 4.78 is 0. The van der Waals surface area contributed by atoms with Gasteiger partial charge in [-0.2, -0.15) is 0 Å². The largest absolute Gasteiger partial charge is 0.0865 e. The van der Waals surface area contributed by atoms with Crippen LogP contribution >= 0.6 is 7.92 Å². The van der Waals surface area contributed by atoms with Crippen LogP contribution in [0.25, 0.3) is 0 Å². The molecule has 29 heavy (non-hydrogen) atoms. The van der Waals surface area contributed by atoms with Gasteiger partial charge in [-0.05, 0) is 128 Å². The second-order valence-corrected chi connectivity index (χ2v) is 16.2. The molecule has 1 aromatic rings. The van der Waals surface area contributed by atoms with E-state index in [2.05, 4.69) is 37.3 Å². The van der Waals surface area contributed by atoms with E-state index in [1.165, 1.54) is 0 Å². The number of hydrogen-bond acceptors (Lipinski definition) is 0. The summed E-state index contributed by atoms with van der Waals surface area (Å²) in [5.41, 5.74) is 2.50. The van der Waals surface area contributed by atoms with Crippen molar-refractivity contribution in [3.63, 3.8) is 0 Å². The Morgan fingerprint density at radius 1 is 0.621 bits per heavy atom. The van der Waals surface area contributed by atoms with Gasteiger partial charge in [-0.3, -0.25) is 0 Å². The monoisotopic (exact) mass is 406 g/mol. The van der Waals surface area contributed by atoms with E-state index in [4.69, 9.17) is 0 Å². The van der Waals surface area contributed by atoms with E-state index in [1.54, 1.807) is 82.6 Å². The average molecular weight is 407 g/mol. The maximum atomic E-state index is 2.69. The van der Waals surface area contributed by atoms with Crippen molar-refractivity contribution >= 4 is 7.92 Å². The molecular weight excluding hydrogens is 367 g/mol. The molecule has 0 aliphatic heterocycles. The second kappa shape index (κ2) is 6.34. The van der Waals surface area contributed by atoms with E-state index >= 15 is 0 Å². The zero-order valence-corrected chi connectivity index (χ0v) is 19.3. The van der Waals surface area contributed by atoms with Crippen LogP contribution in [-0.2, 0) is 0 Å². The summed E-state index contributed by atoms with van der Waals surface area (Å²) in [6.07, 6.45) is 19.4. The van der Waals surface area contributed by atoms with Crippen molar-refractivity contribution in [2.75, 3.05) is 0 Å². The molecule has 8 aliphatic carbocycles. The maximum Gasteiger partial charge on any atom is 0.00234 e. The Hall–Kier alpha value is -0.350. The zero-order valence-electron chi connectivity index (χ0n) is 18.4. The molecule has 0 radical (unpaired) electrons. The Kier molecular flexibility index (Phi) is 3.99. The first-order chi connectivity index (χ1) is 14.1. The molecule has 0 saturated heterocycles. The minimum atomic E-state index is 0.0536. The average Bonchev–Trinajstić information content (AvgIpc) is 2.66. The summed E-state index contributed by atoms with van der Waals surface area (Å²) in [7, 11) is 0.0536. The molecule has 8 fully saturated rings. The fourth-order valence-corrected chi connectivity index (χ4v) is 16.8. The Morgan fingerprint density at radius 2 is 0.966 bits per heavy atom. The van der Waals surface area contributed by atoms with Crippen LogP contribution in [0.4, 0.5) is 0 Å². The summed E-state index contributed by atoms with van der Waals surface area (Å²) >= 11 is 0. The molecule has 0 aromatic heterocycles. The highest BCUT2D eigenvalue weighted by atomic mass is 31.1. The molecule has 1 aromatic carbocycles. The summed E-state index contributed by atoms with van der Waals surface area (Å²) in [5.74, 6) is 6.60. The molecule has 0 spiro atoms. The molecule has 8 aliphatic rings. The van der Waals surface area contributed by atoms with E-state index < -0.39 is 0 Å². The maximum absolute atomic E-state index is 2.69. The molecule has 1 unspecified atom stereocenters. The lowest BCUT2D eigenvalue weighted by atomic mass is 9.55. The van der Waals surface area contributed by atoms with Crippen LogP contribution < -0.4 is 0 Å². The highest BCUT2D eigenvalue weighted by molar-refractivity contribution is 7.61. The zero-order chi connectivity index (χ0) is 19.2. The second-order valence-electron chi connectivity index (χ2n) is 12.7. The van der Waals surface area contributed by atoms with E-state index in [0.717, 1.165) is 51.5 Å². The van der Waals surface area contributed by atoms with Crippen molar-refractivity contribution in [1.29, 1.82) is 0 Å². The highest BCUT2D eigenvalue weighted by Gasteiger charge is 2.63. The van der Waals surface area contributed by atoms with E-state index in [1.807, 2.05) is 0 Å². The normalized spacial score (nSPS) is 51.3. The van der Waals surface area contributed by atoms with Gasteiger partial charge in [-0.25, -0.2) is 0 Å². The van der Waals surface area contributed by atoms with Crippen molar-refractivity contribution in [2.24, 2.45) is 35.5 Å². The molecule has 0 heterocycles. The summed E-state index contributed by atoms with van der Waals surface area (Å²) in [6, 6.07) is 11.8. The van der Waals surface area contributed by atoms with E-state index in [-0.39, 0.29) is 7.92 Å². The summed E-state index contributed by atoms with van der Waals surface area (Å²) in [6.45, 7) is 2.69. The number of rotatable bonds is 4. The lowest BCUT2D eigenvalue weighted by molar-refractivity contribution is 0.0179. The van der Waals surface area contributed by atoms with Gasteiger partial charge in [0.15, 0.2) is 0 Å². The van der Waals surface area contributed by atoms with Crippen LogP contribution in [0.2, 0.25) is 0 Å². The van der Waals surface area contributed by atoms with Crippen LogP contribution in [-0.4, -0.2) is 10.3 Å². The van der Waals surface area contributed by atoms with E-state index in [0.29, 0.717) is 0 Å². The van der Waals surface area contributed by atoms with Crippen molar-refractivity contribution in [2.45, 2.75) is 99.9 Å². The Bertz CT molecular complexity index is 664. The predicted molar refractivity (Wildman–Crippen MR) is 124 cm³/mol. The van der Waals surface area contributed by atoms with Gasteiger partial charge >= 0.3 is 0 Å². The SMILES string of the molecule is CC(c1ccccc1)P(C12CC3CC(CC(C3)C1)C2)C12CC3CC(CC(C3)C1)C2. The quantitative estimate of drug-likeness (QED) is 0.442. The van der Waals surface area contributed by atoms with Gasteiger partial charge in [-0.15, -0.1) is 0 Å². The van der Waals surface area contributed by atoms with Gasteiger partial charge in [-0.1, -0.05) is 45.2 Å². The van der Waals surface area contributed by atoms with Crippen molar-refractivity contribution in [3.05, 3.63) is 35.9 Å². The first kappa shape index (κ1) is 18.2.